The topological polar surface area (TPSA) is 9.23 Å². The summed E-state index contributed by atoms with van der Waals surface area (Å²) >= 11 is 0. The van der Waals surface area contributed by atoms with Crippen molar-refractivity contribution in [1.82, 2.24) is 0 Å². The standard InChI is InChI=1S/C44H30O/c1-43(2)36-17-9-10-18-40(36)45-41-26-29(21-23-37(41)43)28-19-22-33-39(25-28)44(38-24-20-27-11-3-4-12-30(27)42(33)38)34-15-7-5-13-31(34)32-14-6-8-16-35(32)44/h3-26H,1-2H3. The molecule has 2 aliphatic carbocycles. The van der Waals surface area contributed by atoms with E-state index in [9.17, 15) is 0 Å². The lowest BCUT2D eigenvalue weighted by Gasteiger charge is -2.34. The van der Waals surface area contributed by atoms with E-state index in [2.05, 4.69) is 159 Å². The fourth-order valence-corrected chi connectivity index (χ4v) is 8.72. The van der Waals surface area contributed by atoms with Crippen LogP contribution in [0.2, 0.25) is 0 Å². The van der Waals surface area contributed by atoms with Gasteiger partial charge in [-0.05, 0) is 84.6 Å². The molecule has 45 heavy (non-hydrogen) atoms. The third kappa shape index (κ3) is 3.08. The number of fused-ring (bicyclic) bond motifs is 14. The minimum atomic E-state index is -0.385. The van der Waals surface area contributed by atoms with Gasteiger partial charge >= 0.3 is 0 Å². The maximum Gasteiger partial charge on any atom is 0.132 e. The highest BCUT2D eigenvalue weighted by Crippen LogP contribution is 2.64. The number of ether oxygens (including phenoxy) is 1. The second-order valence-electron chi connectivity index (χ2n) is 13.2. The van der Waals surface area contributed by atoms with E-state index in [0.717, 1.165) is 11.5 Å². The van der Waals surface area contributed by atoms with Gasteiger partial charge in [-0.15, -0.1) is 0 Å². The first-order valence-electron chi connectivity index (χ1n) is 15.9. The maximum absolute atomic E-state index is 6.55. The summed E-state index contributed by atoms with van der Waals surface area (Å²) in [6.07, 6.45) is 0. The van der Waals surface area contributed by atoms with Crippen LogP contribution in [0, 0.1) is 0 Å². The summed E-state index contributed by atoms with van der Waals surface area (Å²) in [6, 6.07) is 54.0. The third-order valence-corrected chi connectivity index (χ3v) is 10.7. The lowest BCUT2D eigenvalue weighted by Crippen LogP contribution is -2.26. The molecule has 1 heteroatoms. The minimum absolute atomic E-state index is 0.134. The Morgan fingerprint density at radius 1 is 0.422 bits per heavy atom. The molecule has 212 valence electrons. The first-order valence-corrected chi connectivity index (χ1v) is 15.9. The predicted molar refractivity (Wildman–Crippen MR) is 184 cm³/mol. The molecule has 1 nitrogen and oxygen atoms in total. The molecule has 7 aromatic carbocycles. The number of rotatable bonds is 1. The Labute approximate surface area is 263 Å². The summed E-state index contributed by atoms with van der Waals surface area (Å²) in [5.74, 6) is 1.89. The Morgan fingerprint density at radius 3 is 1.82 bits per heavy atom. The van der Waals surface area contributed by atoms with Gasteiger partial charge in [-0.2, -0.15) is 0 Å². The molecule has 0 atom stereocenters. The van der Waals surface area contributed by atoms with Gasteiger partial charge in [-0.25, -0.2) is 0 Å². The maximum atomic E-state index is 6.55. The predicted octanol–water partition coefficient (Wildman–Crippen LogP) is 11.3. The molecule has 0 aromatic heterocycles. The summed E-state index contributed by atoms with van der Waals surface area (Å²) in [4.78, 5) is 0. The monoisotopic (exact) mass is 574 g/mol. The van der Waals surface area contributed by atoms with E-state index in [1.165, 1.54) is 77.5 Å². The number of hydrogen-bond acceptors (Lipinski definition) is 1. The highest BCUT2D eigenvalue weighted by Gasteiger charge is 2.52. The number of para-hydroxylation sites is 1. The molecular weight excluding hydrogens is 544 g/mol. The zero-order chi connectivity index (χ0) is 29.9. The molecular formula is C44H30O. The van der Waals surface area contributed by atoms with E-state index < -0.39 is 0 Å². The molecule has 0 saturated carbocycles. The zero-order valence-electron chi connectivity index (χ0n) is 25.3. The Balaban J connectivity index is 1.25. The van der Waals surface area contributed by atoms with Crippen molar-refractivity contribution in [3.8, 4) is 44.9 Å². The van der Waals surface area contributed by atoms with Crippen LogP contribution in [-0.2, 0) is 10.8 Å². The van der Waals surface area contributed by atoms with Crippen molar-refractivity contribution >= 4 is 10.8 Å². The van der Waals surface area contributed by atoms with Gasteiger partial charge in [-0.3, -0.25) is 0 Å². The fourth-order valence-electron chi connectivity index (χ4n) is 8.72. The van der Waals surface area contributed by atoms with Crippen molar-refractivity contribution in [2.45, 2.75) is 24.7 Å². The largest absolute Gasteiger partial charge is 0.457 e. The molecule has 0 saturated heterocycles. The first kappa shape index (κ1) is 25.0. The minimum Gasteiger partial charge on any atom is -0.457 e. The molecule has 3 aliphatic rings. The van der Waals surface area contributed by atoms with Gasteiger partial charge in [0.1, 0.15) is 11.5 Å². The molecule has 7 aromatic rings. The van der Waals surface area contributed by atoms with E-state index in [-0.39, 0.29) is 10.8 Å². The normalized spacial score (nSPS) is 15.4. The van der Waals surface area contributed by atoms with Crippen LogP contribution in [0.4, 0.5) is 0 Å². The van der Waals surface area contributed by atoms with Crippen LogP contribution >= 0.6 is 0 Å². The highest BCUT2D eigenvalue weighted by molar-refractivity contribution is 6.06. The van der Waals surface area contributed by atoms with Crippen molar-refractivity contribution in [1.29, 1.82) is 0 Å². The summed E-state index contributed by atoms with van der Waals surface area (Å²) < 4.78 is 6.55. The van der Waals surface area contributed by atoms with Gasteiger partial charge in [0.05, 0.1) is 5.41 Å². The van der Waals surface area contributed by atoms with Gasteiger partial charge in [0.25, 0.3) is 0 Å². The van der Waals surface area contributed by atoms with E-state index in [4.69, 9.17) is 4.74 Å². The molecule has 0 bridgehead atoms. The molecule has 0 radical (unpaired) electrons. The average Bonchev–Trinajstić information content (AvgIpc) is 3.55. The third-order valence-electron chi connectivity index (χ3n) is 10.7. The smallest absolute Gasteiger partial charge is 0.132 e. The van der Waals surface area contributed by atoms with Crippen LogP contribution in [0.3, 0.4) is 0 Å². The Morgan fingerprint density at radius 2 is 1.02 bits per heavy atom. The van der Waals surface area contributed by atoms with Crippen molar-refractivity contribution in [3.05, 3.63) is 179 Å². The fraction of sp³-hybridized carbons (Fsp3) is 0.0909. The van der Waals surface area contributed by atoms with E-state index >= 15 is 0 Å². The molecule has 0 amide bonds. The van der Waals surface area contributed by atoms with Gasteiger partial charge in [0, 0.05) is 16.5 Å². The number of hydrogen-bond donors (Lipinski definition) is 0. The second kappa shape index (κ2) is 8.61. The van der Waals surface area contributed by atoms with Gasteiger partial charge in [0.2, 0.25) is 0 Å². The van der Waals surface area contributed by atoms with E-state index in [1.807, 2.05) is 0 Å². The number of benzene rings is 7. The SMILES string of the molecule is CC1(C)c2ccccc2Oc2cc(-c3ccc4c(c3)C3(c5ccccc5-c5ccccc53)c3ccc5ccccc5c3-4)ccc21. The van der Waals surface area contributed by atoms with E-state index in [0.29, 0.717) is 0 Å². The lowest BCUT2D eigenvalue weighted by molar-refractivity contribution is 0.418. The molecule has 0 unspecified atom stereocenters. The van der Waals surface area contributed by atoms with Gasteiger partial charge < -0.3 is 4.74 Å². The summed E-state index contributed by atoms with van der Waals surface area (Å²) in [5.41, 5.74) is 15.1. The van der Waals surface area contributed by atoms with Crippen molar-refractivity contribution in [2.24, 2.45) is 0 Å². The first-order chi connectivity index (χ1) is 22.1. The van der Waals surface area contributed by atoms with Crippen LogP contribution in [0.1, 0.15) is 47.2 Å². The quantitative estimate of drug-likeness (QED) is 0.189. The average molecular weight is 575 g/mol. The molecule has 1 heterocycles. The highest BCUT2D eigenvalue weighted by atomic mass is 16.5. The van der Waals surface area contributed by atoms with Gasteiger partial charge in [-0.1, -0.05) is 141 Å². The van der Waals surface area contributed by atoms with Crippen molar-refractivity contribution < 1.29 is 4.74 Å². The second-order valence-corrected chi connectivity index (χ2v) is 13.2. The Bertz CT molecular complexity index is 2340. The van der Waals surface area contributed by atoms with E-state index in [1.54, 1.807) is 0 Å². The molecule has 10 rings (SSSR count). The molecule has 1 aliphatic heterocycles. The summed E-state index contributed by atoms with van der Waals surface area (Å²) in [5, 5.41) is 2.59. The van der Waals surface area contributed by atoms with Crippen LogP contribution in [-0.4, -0.2) is 0 Å². The molecule has 0 fully saturated rings. The molecule has 0 N–H and O–H groups in total. The van der Waals surface area contributed by atoms with Crippen LogP contribution < -0.4 is 4.74 Å². The summed E-state index contributed by atoms with van der Waals surface area (Å²) in [7, 11) is 0. The van der Waals surface area contributed by atoms with Crippen LogP contribution in [0.5, 0.6) is 11.5 Å². The molecule has 1 spiro atoms. The van der Waals surface area contributed by atoms with Crippen molar-refractivity contribution in [2.75, 3.05) is 0 Å². The summed E-state index contributed by atoms with van der Waals surface area (Å²) in [6.45, 7) is 4.59. The van der Waals surface area contributed by atoms with Crippen molar-refractivity contribution in [3.63, 3.8) is 0 Å². The Hall–Kier alpha value is -5.40. The van der Waals surface area contributed by atoms with Gasteiger partial charge in [0.15, 0.2) is 0 Å². The Kier molecular flexibility index (Phi) is 4.78. The van der Waals surface area contributed by atoms with Crippen LogP contribution in [0.25, 0.3) is 44.2 Å². The zero-order valence-corrected chi connectivity index (χ0v) is 25.3. The lowest BCUT2D eigenvalue weighted by atomic mass is 9.70. The van der Waals surface area contributed by atoms with Crippen LogP contribution in [0.15, 0.2) is 146 Å².